The number of imidazole rings is 1. The molecule has 3 heterocycles. The van der Waals surface area contributed by atoms with Gasteiger partial charge in [-0.25, -0.2) is 9.97 Å². The molecular weight excluding hydrogens is 510 g/mol. The van der Waals surface area contributed by atoms with Crippen molar-refractivity contribution in [3.8, 4) is 44.6 Å². The van der Waals surface area contributed by atoms with E-state index in [1.165, 1.54) is 44.5 Å². The van der Waals surface area contributed by atoms with Crippen molar-refractivity contribution in [1.29, 1.82) is 0 Å². The number of aromatic nitrogens is 3. The molecule has 0 saturated carbocycles. The number of rotatable bonds is 3. The van der Waals surface area contributed by atoms with Crippen molar-refractivity contribution in [3.63, 3.8) is 0 Å². The van der Waals surface area contributed by atoms with Gasteiger partial charge in [0.15, 0.2) is 5.65 Å². The molecule has 3 aromatic heterocycles. The summed E-state index contributed by atoms with van der Waals surface area (Å²) in [5.41, 5.74) is 15.2. The van der Waals surface area contributed by atoms with E-state index in [-0.39, 0.29) is 0 Å². The lowest BCUT2D eigenvalue weighted by molar-refractivity contribution is 1.19. The molecule has 5 aromatic carbocycles. The lowest BCUT2D eigenvalue weighted by atomic mass is 9.95. The van der Waals surface area contributed by atoms with Crippen LogP contribution in [0.2, 0.25) is 0 Å². The van der Waals surface area contributed by atoms with Gasteiger partial charge in [0.25, 0.3) is 0 Å². The summed E-state index contributed by atoms with van der Waals surface area (Å²) in [6.07, 6.45) is 3.06. The summed E-state index contributed by atoms with van der Waals surface area (Å²) < 4.78 is 2.07. The Balaban J connectivity index is 1.11. The van der Waals surface area contributed by atoms with Gasteiger partial charge in [-0.15, -0.1) is 0 Å². The third kappa shape index (κ3) is 3.54. The molecule has 9 rings (SSSR count). The van der Waals surface area contributed by atoms with Crippen LogP contribution >= 0.6 is 0 Å². The van der Waals surface area contributed by atoms with Crippen molar-refractivity contribution in [2.24, 2.45) is 0 Å². The Morgan fingerprint density at radius 2 is 1.17 bits per heavy atom. The molecule has 0 fully saturated rings. The molecule has 0 saturated heterocycles. The van der Waals surface area contributed by atoms with Crippen LogP contribution in [0.1, 0.15) is 11.1 Å². The first-order chi connectivity index (χ1) is 20.8. The van der Waals surface area contributed by atoms with Crippen molar-refractivity contribution in [2.45, 2.75) is 6.42 Å². The van der Waals surface area contributed by atoms with Gasteiger partial charge in [0, 0.05) is 22.5 Å². The van der Waals surface area contributed by atoms with Gasteiger partial charge < -0.3 is 0 Å². The molecule has 0 amide bonds. The topological polar surface area (TPSA) is 30.2 Å². The van der Waals surface area contributed by atoms with Crippen LogP contribution in [0.15, 0.2) is 140 Å². The summed E-state index contributed by atoms with van der Waals surface area (Å²) in [5.74, 6) is 0. The predicted molar refractivity (Wildman–Crippen MR) is 173 cm³/mol. The van der Waals surface area contributed by atoms with Gasteiger partial charge in [0.05, 0.1) is 5.69 Å². The summed E-state index contributed by atoms with van der Waals surface area (Å²) in [5, 5.41) is 2.23. The molecule has 0 atom stereocenters. The summed E-state index contributed by atoms with van der Waals surface area (Å²) >= 11 is 0. The molecule has 0 aliphatic heterocycles. The molecular formula is C39H25N3. The Morgan fingerprint density at radius 1 is 0.476 bits per heavy atom. The van der Waals surface area contributed by atoms with Crippen molar-refractivity contribution < 1.29 is 0 Å². The predicted octanol–water partition coefficient (Wildman–Crippen LogP) is 9.61. The van der Waals surface area contributed by atoms with Crippen molar-refractivity contribution in [1.82, 2.24) is 14.4 Å². The minimum Gasteiger partial charge on any atom is -0.284 e. The molecule has 0 spiro atoms. The normalized spacial score (nSPS) is 12.2. The summed E-state index contributed by atoms with van der Waals surface area (Å²) in [6, 6.07) is 47.8. The van der Waals surface area contributed by atoms with Gasteiger partial charge in [-0.3, -0.25) is 4.40 Å². The maximum Gasteiger partial charge on any atom is 0.165 e. The van der Waals surface area contributed by atoms with Crippen LogP contribution in [0.5, 0.6) is 0 Å². The maximum absolute atomic E-state index is 5.20. The third-order valence-corrected chi connectivity index (χ3v) is 8.65. The molecule has 1 aliphatic rings. The van der Waals surface area contributed by atoms with Crippen LogP contribution in [0.25, 0.3) is 72.2 Å². The number of pyridine rings is 2. The van der Waals surface area contributed by atoms with E-state index < -0.39 is 0 Å². The molecule has 1 aliphatic carbocycles. The van der Waals surface area contributed by atoms with E-state index in [1.807, 2.05) is 24.4 Å². The zero-order valence-electron chi connectivity index (χ0n) is 22.8. The Morgan fingerprint density at radius 3 is 2.05 bits per heavy atom. The van der Waals surface area contributed by atoms with Gasteiger partial charge in [-0.2, -0.15) is 0 Å². The van der Waals surface area contributed by atoms with E-state index >= 15 is 0 Å². The lowest BCUT2D eigenvalue weighted by Gasteiger charge is -2.11. The van der Waals surface area contributed by atoms with Crippen molar-refractivity contribution in [2.75, 3.05) is 0 Å². The minimum atomic E-state index is 0.881. The van der Waals surface area contributed by atoms with Crippen LogP contribution in [0.4, 0.5) is 0 Å². The Kier molecular flexibility index (Phi) is 4.96. The zero-order valence-corrected chi connectivity index (χ0v) is 22.8. The molecule has 42 heavy (non-hydrogen) atoms. The fraction of sp³-hybridized carbons (Fsp3) is 0.0256. The van der Waals surface area contributed by atoms with Crippen LogP contribution < -0.4 is 0 Å². The highest BCUT2D eigenvalue weighted by Crippen LogP contribution is 2.39. The molecule has 0 bridgehead atoms. The van der Waals surface area contributed by atoms with E-state index in [0.717, 1.165) is 45.3 Å². The summed E-state index contributed by atoms with van der Waals surface area (Å²) in [6.45, 7) is 0. The number of hydrogen-bond acceptors (Lipinski definition) is 2. The maximum atomic E-state index is 5.20. The van der Waals surface area contributed by atoms with E-state index in [4.69, 9.17) is 9.97 Å². The Bertz CT molecular complexity index is 2330. The molecule has 0 N–H and O–H groups in total. The fourth-order valence-corrected chi connectivity index (χ4v) is 6.56. The number of fused-ring (bicyclic) bond motifs is 8. The van der Waals surface area contributed by atoms with Crippen LogP contribution in [-0.4, -0.2) is 14.4 Å². The highest BCUT2D eigenvalue weighted by molar-refractivity contribution is 6.09. The highest BCUT2D eigenvalue weighted by Gasteiger charge is 2.19. The zero-order chi connectivity index (χ0) is 27.6. The van der Waals surface area contributed by atoms with Crippen LogP contribution in [0.3, 0.4) is 0 Å². The Labute approximate surface area is 243 Å². The first-order valence-corrected chi connectivity index (χ1v) is 14.4. The average molecular weight is 536 g/mol. The number of nitrogens with zero attached hydrogens (tertiary/aromatic N) is 3. The highest BCUT2D eigenvalue weighted by atomic mass is 15.1. The fourth-order valence-electron chi connectivity index (χ4n) is 6.56. The molecule has 8 aromatic rings. The largest absolute Gasteiger partial charge is 0.284 e. The summed E-state index contributed by atoms with van der Waals surface area (Å²) in [7, 11) is 0. The quantitative estimate of drug-likeness (QED) is 0.225. The minimum absolute atomic E-state index is 0.881. The second-order valence-electron chi connectivity index (χ2n) is 11.1. The van der Waals surface area contributed by atoms with E-state index in [2.05, 4.69) is 120 Å². The smallest absolute Gasteiger partial charge is 0.165 e. The van der Waals surface area contributed by atoms with Crippen LogP contribution in [0, 0.1) is 0 Å². The van der Waals surface area contributed by atoms with E-state index in [9.17, 15) is 0 Å². The molecule has 3 heteroatoms. The molecule has 196 valence electrons. The third-order valence-electron chi connectivity index (χ3n) is 8.65. The molecule has 3 nitrogen and oxygen atoms in total. The van der Waals surface area contributed by atoms with E-state index in [0.29, 0.717) is 0 Å². The standard InChI is InChI=1S/C39H25N3/c1-2-11-32-29(8-1)23-30-20-19-28(24-35(30)32)26-17-15-25(16-18-26)27-9-7-10-31(22-27)37-33-12-3-4-13-34(33)38-39(41-37)42-21-6-5-14-36(42)40-38/h1-22,24H,23H2. The Hall–Kier alpha value is -5.54. The molecule has 0 unspecified atom stereocenters. The van der Waals surface area contributed by atoms with Gasteiger partial charge in [0.1, 0.15) is 11.2 Å². The second kappa shape index (κ2) is 8.98. The number of hydrogen-bond donors (Lipinski definition) is 0. The van der Waals surface area contributed by atoms with Crippen molar-refractivity contribution >= 4 is 27.6 Å². The van der Waals surface area contributed by atoms with Gasteiger partial charge in [-0.05, 0) is 75.2 Å². The monoisotopic (exact) mass is 535 g/mol. The van der Waals surface area contributed by atoms with Gasteiger partial charge in [-0.1, -0.05) is 109 Å². The number of benzene rings is 5. The first-order valence-electron chi connectivity index (χ1n) is 14.4. The SMILES string of the molecule is c1cc(-c2ccc(-c3ccc4c(c3)-c3ccccc3C4)cc2)cc(-c2nc3c(nc4ccccn43)c3ccccc23)c1. The first kappa shape index (κ1) is 23.2. The van der Waals surface area contributed by atoms with Gasteiger partial charge in [0.2, 0.25) is 0 Å². The van der Waals surface area contributed by atoms with Gasteiger partial charge >= 0.3 is 0 Å². The van der Waals surface area contributed by atoms with Crippen LogP contribution in [-0.2, 0) is 6.42 Å². The van der Waals surface area contributed by atoms with Crippen molar-refractivity contribution in [3.05, 3.63) is 151 Å². The lowest BCUT2D eigenvalue weighted by Crippen LogP contribution is -1.92. The average Bonchev–Trinajstić information content (AvgIpc) is 3.63. The van der Waals surface area contributed by atoms with E-state index in [1.54, 1.807) is 0 Å². The summed E-state index contributed by atoms with van der Waals surface area (Å²) in [4.78, 5) is 10.1. The molecule has 0 radical (unpaired) electrons. The second-order valence-corrected chi connectivity index (χ2v) is 11.1.